The average Bonchev–Trinajstić information content (AvgIpc) is 1.84. The molecule has 10 heavy (non-hydrogen) atoms. The second-order valence-corrected chi connectivity index (χ2v) is 3.00. The number of nitriles is 1. The maximum atomic E-state index is 9.86. The Morgan fingerprint density at radius 3 is 2.70 bits per heavy atom. The monoisotopic (exact) mass is 140 g/mol. The first-order valence-corrected chi connectivity index (χ1v) is 3.16. The molecule has 3 heteroatoms. The van der Waals surface area contributed by atoms with Gasteiger partial charge in [-0.15, -0.1) is 0 Å². The smallest absolute Gasteiger partial charge is 0.207 e. The zero-order valence-corrected chi connectivity index (χ0v) is 6.35. The summed E-state index contributed by atoms with van der Waals surface area (Å²) in [7, 11) is 0. The molecule has 0 radical (unpaired) electrons. The number of nitrogens with zero attached hydrogens (tertiary/aromatic N) is 1. The molecule has 0 aliphatic rings. The van der Waals surface area contributed by atoms with E-state index in [0.29, 0.717) is 19.4 Å². The van der Waals surface area contributed by atoms with E-state index in [1.807, 2.05) is 13.8 Å². The Morgan fingerprint density at radius 2 is 2.30 bits per heavy atom. The molecule has 0 aromatic heterocycles. The maximum absolute atomic E-state index is 9.86. The minimum Gasteiger partial charge on any atom is -0.358 e. The molecule has 0 saturated heterocycles. The lowest BCUT2D eigenvalue weighted by atomic mass is 9.90. The molecule has 1 amide bonds. The molecule has 0 atom stereocenters. The van der Waals surface area contributed by atoms with Crippen LogP contribution in [0.15, 0.2) is 0 Å². The van der Waals surface area contributed by atoms with E-state index in [2.05, 4.69) is 11.4 Å². The summed E-state index contributed by atoms with van der Waals surface area (Å²) in [6.07, 6.45) is 1.12. The van der Waals surface area contributed by atoms with Gasteiger partial charge in [-0.2, -0.15) is 5.26 Å². The van der Waals surface area contributed by atoms with Crippen LogP contribution in [0.5, 0.6) is 0 Å². The number of rotatable bonds is 4. The Hall–Kier alpha value is -1.04. The highest BCUT2D eigenvalue weighted by atomic mass is 16.1. The van der Waals surface area contributed by atoms with Gasteiger partial charge in [-0.25, -0.2) is 0 Å². The van der Waals surface area contributed by atoms with Crippen molar-refractivity contribution < 1.29 is 4.79 Å². The molecule has 0 aromatic rings. The van der Waals surface area contributed by atoms with E-state index >= 15 is 0 Å². The molecule has 0 heterocycles. The van der Waals surface area contributed by atoms with Gasteiger partial charge in [0, 0.05) is 13.0 Å². The summed E-state index contributed by atoms with van der Waals surface area (Å²) < 4.78 is 0. The van der Waals surface area contributed by atoms with Crippen molar-refractivity contribution in [2.24, 2.45) is 5.41 Å². The molecule has 0 bridgehead atoms. The largest absolute Gasteiger partial charge is 0.358 e. The van der Waals surface area contributed by atoms with Crippen LogP contribution in [0.3, 0.4) is 0 Å². The van der Waals surface area contributed by atoms with E-state index in [1.165, 1.54) is 0 Å². The Labute approximate surface area is 61.0 Å². The number of hydrogen-bond acceptors (Lipinski definition) is 2. The highest BCUT2D eigenvalue weighted by Gasteiger charge is 2.15. The summed E-state index contributed by atoms with van der Waals surface area (Å²) in [5.41, 5.74) is -0.102. The number of hydrogen-bond donors (Lipinski definition) is 1. The zero-order valence-electron chi connectivity index (χ0n) is 6.35. The highest BCUT2D eigenvalue weighted by Crippen LogP contribution is 2.17. The quantitative estimate of drug-likeness (QED) is 0.583. The van der Waals surface area contributed by atoms with Crippen LogP contribution in [-0.4, -0.2) is 13.0 Å². The van der Waals surface area contributed by atoms with Crippen molar-refractivity contribution in [1.29, 1.82) is 5.26 Å². The second-order valence-electron chi connectivity index (χ2n) is 3.00. The summed E-state index contributed by atoms with van der Waals surface area (Å²) in [6, 6.07) is 2.06. The highest BCUT2D eigenvalue weighted by molar-refractivity contribution is 5.45. The van der Waals surface area contributed by atoms with E-state index in [-0.39, 0.29) is 5.41 Å². The van der Waals surface area contributed by atoms with Crippen LogP contribution in [0.2, 0.25) is 0 Å². The van der Waals surface area contributed by atoms with E-state index < -0.39 is 0 Å². The van der Waals surface area contributed by atoms with Gasteiger partial charge in [-0.3, -0.25) is 4.79 Å². The SMILES string of the molecule is CC(C)(CC#N)CNC=O. The van der Waals surface area contributed by atoms with Gasteiger partial charge in [0.15, 0.2) is 0 Å². The molecule has 1 N–H and O–H groups in total. The predicted octanol–water partition coefficient (Wildman–Crippen LogP) is 0.672. The minimum atomic E-state index is -0.102. The molecule has 0 unspecified atom stereocenters. The van der Waals surface area contributed by atoms with Crippen molar-refractivity contribution in [3.05, 3.63) is 0 Å². The fourth-order valence-electron chi connectivity index (χ4n) is 0.594. The van der Waals surface area contributed by atoms with Crippen molar-refractivity contribution >= 4 is 6.41 Å². The Kier molecular flexibility index (Phi) is 3.48. The minimum absolute atomic E-state index is 0.102. The standard InChI is InChI=1S/C7H12N2O/c1-7(2,3-4-8)5-9-6-10/h6H,3,5H2,1-2H3,(H,9,10). The lowest BCUT2D eigenvalue weighted by molar-refractivity contribution is -0.109. The van der Waals surface area contributed by atoms with Gasteiger partial charge in [0.1, 0.15) is 0 Å². The van der Waals surface area contributed by atoms with Gasteiger partial charge >= 0.3 is 0 Å². The van der Waals surface area contributed by atoms with Crippen LogP contribution in [-0.2, 0) is 4.79 Å². The first-order chi connectivity index (χ1) is 4.62. The Bertz CT molecular complexity index is 146. The summed E-state index contributed by atoms with van der Waals surface area (Å²) >= 11 is 0. The lowest BCUT2D eigenvalue weighted by Crippen LogP contribution is -2.27. The van der Waals surface area contributed by atoms with Crippen molar-refractivity contribution in [2.75, 3.05) is 6.54 Å². The Balaban J connectivity index is 3.64. The van der Waals surface area contributed by atoms with E-state index in [1.54, 1.807) is 0 Å². The second kappa shape index (κ2) is 3.89. The zero-order chi connectivity index (χ0) is 8.04. The van der Waals surface area contributed by atoms with E-state index in [9.17, 15) is 4.79 Å². The third-order valence-corrected chi connectivity index (χ3v) is 1.22. The van der Waals surface area contributed by atoms with Crippen LogP contribution in [0, 0.1) is 16.7 Å². The molecule has 0 saturated carbocycles. The fraction of sp³-hybridized carbons (Fsp3) is 0.714. The van der Waals surface area contributed by atoms with Crippen LogP contribution < -0.4 is 5.32 Å². The first kappa shape index (κ1) is 8.96. The summed E-state index contributed by atoms with van der Waals surface area (Å²) in [5, 5.41) is 10.9. The van der Waals surface area contributed by atoms with Crippen LogP contribution in [0.1, 0.15) is 20.3 Å². The molecule has 0 aliphatic heterocycles. The van der Waals surface area contributed by atoms with E-state index in [0.717, 1.165) is 0 Å². The number of carbonyl (C=O) groups is 1. The molecule has 0 spiro atoms. The number of carbonyl (C=O) groups excluding carboxylic acids is 1. The predicted molar refractivity (Wildman–Crippen MR) is 38.1 cm³/mol. The molecule has 56 valence electrons. The molecule has 0 aromatic carbocycles. The molecule has 0 fully saturated rings. The van der Waals surface area contributed by atoms with Crippen molar-refractivity contribution in [3.8, 4) is 6.07 Å². The molecule has 0 rings (SSSR count). The summed E-state index contributed by atoms with van der Waals surface area (Å²) in [4.78, 5) is 9.86. The Morgan fingerprint density at radius 1 is 1.70 bits per heavy atom. The van der Waals surface area contributed by atoms with Gasteiger partial charge in [0.2, 0.25) is 6.41 Å². The van der Waals surface area contributed by atoms with Gasteiger partial charge in [0.05, 0.1) is 6.07 Å². The third-order valence-electron chi connectivity index (χ3n) is 1.22. The van der Waals surface area contributed by atoms with Gasteiger partial charge in [-0.1, -0.05) is 13.8 Å². The van der Waals surface area contributed by atoms with Gasteiger partial charge in [-0.05, 0) is 5.41 Å². The van der Waals surface area contributed by atoms with Crippen LogP contribution >= 0.6 is 0 Å². The fourth-order valence-corrected chi connectivity index (χ4v) is 0.594. The van der Waals surface area contributed by atoms with Gasteiger partial charge in [0.25, 0.3) is 0 Å². The first-order valence-electron chi connectivity index (χ1n) is 3.16. The molecule has 0 aliphatic carbocycles. The third kappa shape index (κ3) is 3.90. The summed E-state index contributed by atoms with van der Waals surface area (Å²) in [5.74, 6) is 0. The lowest BCUT2D eigenvalue weighted by Gasteiger charge is -2.19. The number of amides is 1. The van der Waals surface area contributed by atoms with Crippen molar-refractivity contribution in [2.45, 2.75) is 20.3 Å². The van der Waals surface area contributed by atoms with Crippen molar-refractivity contribution in [1.82, 2.24) is 5.32 Å². The van der Waals surface area contributed by atoms with Gasteiger partial charge < -0.3 is 5.32 Å². The van der Waals surface area contributed by atoms with Crippen LogP contribution in [0.25, 0.3) is 0 Å². The topological polar surface area (TPSA) is 52.9 Å². The molecular weight excluding hydrogens is 128 g/mol. The molecular formula is C7H12N2O. The van der Waals surface area contributed by atoms with Crippen molar-refractivity contribution in [3.63, 3.8) is 0 Å². The van der Waals surface area contributed by atoms with E-state index in [4.69, 9.17) is 5.26 Å². The van der Waals surface area contributed by atoms with Crippen LogP contribution in [0.4, 0.5) is 0 Å². The molecule has 3 nitrogen and oxygen atoms in total. The average molecular weight is 140 g/mol. The maximum Gasteiger partial charge on any atom is 0.207 e. The normalized spacial score (nSPS) is 10.1. The number of nitrogens with one attached hydrogen (secondary N) is 1. The summed E-state index contributed by atoms with van der Waals surface area (Å²) in [6.45, 7) is 4.43.